The zero-order valence-electron chi connectivity index (χ0n) is 6.62. The first-order chi connectivity index (χ1) is 5.24. The number of esters is 1. The quantitative estimate of drug-likeness (QED) is 0.511. The lowest BCUT2D eigenvalue weighted by atomic mass is 10.2. The minimum Gasteiger partial charge on any atom is -0.465 e. The number of carbonyl (C=O) groups excluding carboxylic acids is 1. The lowest BCUT2D eigenvalue weighted by molar-refractivity contribution is -0.144. The summed E-state index contributed by atoms with van der Waals surface area (Å²) in [5.74, 6) is 1.54. The maximum Gasteiger partial charge on any atom is 0.305 e. The number of rotatable bonds is 5. The third-order valence-electron chi connectivity index (χ3n) is 1.29. The predicted molar refractivity (Wildman–Crippen MR) is 52.4 cm³/mol. The van der Waals surface area contributed by atoms with E-state index in [1.807, 2.05) is 0 Å². The lowest BCUT2D eigenvalue weighted by Gasteiger charge is -2.10. The summed E-state index contributed by atoms with van der Waals surface area (Å²) in [5.41, 5.74) is 0. The van der Waals surface area contributed by atoms with Gasteiger partial charge >= 0.3 is 5.97 Å². The van der Waals surface area contributed by atoms with Crippen LogP contribution in [0.25, 0.3) is 0 Å². The van der Waals surface area contributed by atoms with Crippen molar-refractivity contribution in [3.05, 3.63) is 0 Å². The topological polar surface area (TPSA) is 26.3 Å². The fraction of sp³-hybridized carbons (Fsp3) is 0.857. The maximum atomic E-state index is 10.7. The van der Waals surface area contributed by atoms with Gasteiger partial charge in [-0.2, -0.15) is 25.3 Å². The van der Waals surface area contributed by atoms with Crippen LogP contribution in [0.3, 0.4) is 0 Å². The van der Waals surface area contributed by atoms with Gasteiger partial charge in [0.15, 0.2) is 0 Å². The molecule has 0 saturated carbocycles. The highest BCUT2D eigenvalue weighted by Crippen LogP contribution is 2.02. The molecule has 2 nitrogen and oxygen atoms in total. The van der Waals surface area contributed by atoms with Gasteiger partial charge in [-0.05, 0) is 11.5 Å². The smallest absolute Gasteiger partial charge is 0.305 e. The molecule has 0 aromatic carbocycles. The van der Waals surface area contributed by atoms with Crippen molar-refractivity contribution in [2.24, 2.45) is 5.92 Å². The Morgan fingerprint density at radius 1 is 1.45 bits per heavy atom. The van der Waals surface area contributed by atoms with Crippen molar-refractivity contribution in [2.75, 3.05) is 18.1 Å². The molecule has 0 atom stereocenters. The molecule has 0 radical (unpaired) electrons. The van der Waals surface area contributed by atoms with Gasteiger partial charge in [0, 0.05) is 12.3 Å². The Bertz CT molecular complexity index is 113. The van der Waals surface area contributed by atoms with Gasteiger partial charge in [0.2, 0.25) is 0 Å². The molecule has 0 bridgehead atoms. The molecule has 0 unspecified atom stereocenters. The van der Waals surface area contributed by atoms with Crippen LogP contribution in [0, 0.1) is 5.92 Å². The fourth-order valence-corrected chi connectivity index (χ4v) is 1.15. The van der Waals surface area contributed by atoms with Crippen LogP contribution in [-0.4, -0.2) is 24.1 Å². The molecule has 11 heavy (non-hydrogen) atoms. The zero-order chi connectivity index (χ0) is 8.69. The molecule has 0 aliphatic carbocycles. The van der Waals surface area contributed by atoms with E-state index in [1.165, 1.54) is 0 Å². The van der Waals surface area contributed by atoms with Crippen LogP contribution in [0.4, 0.5) is 0 Å². The van der Waals surface area contributed by atoms with Crippen molar-refractivity contribution in [3.8, 4) is 0 Å². The van der Waals surface area contributed by atoms with Gasteiger partial charge in [0.25, 0.3) is 0 Å². The second-order valence-electron chi connectivity index (χ2n) is 2.27. The third-order valence-corrected chi connectivity index (χ3v) is 2.32. The van der Waals surface area contributed by atoms with Crippen molar-refractivity contribution in [1.29, 1.82) is 0 Å². The van der Waals surface area contributed by atoms with Crippen molar-refractivity contribution in [2.45, 2.75) is 13.3 Å². The molecule has 0 heterocycles. The molecular weight excluding hydrogens is 180 g/mol. The molecule has 4 heteroatoms. The van der Waals surface area contributed by atoms with E-state index in [0.717, 1.165) is 0 Å². The Morgan fingerprint density at radius 2 is 2.00 bits per heavy atom. The van der Waals surface area contributed by atoms with Gasteiger partial charge in [0.05, 0.1) is 6.61 Å². The lowest BCUT2D eigenvalue weighted by Crippen LogP contribution is -2.16. The van der Waals surface area contributed by atoms with Gasteiger partial charge < -0.3 is 4.74 Å². The van der Waals surface area contributed by atoms with E-state index in [0.29, 0.717) is 24.5 Å². The molecule has 0 saturated heterocycles. The molecule has 0 spiro atoms. The number of thiol groups is 2. The second-order valence-corrected chi connectivity index (χ2v) is 3.00. The summed E-state index contributed by atoms with van der Waals surface area (Å²) in [7, 11) is 0. The summed E-state index contributed by atoms with van der Waals surface area (Å²) in [6.07, 6.45) is 0.436. The van der Waals surface area contributed by atoms with Crippen LogP contribution in [0.2, 0.25) is 0 Å². The van der Waals surface area contributed by atoms with Gasteiger partial charge in [-0.25, -0.2) is 0 Å². The van der Waals surface area contributed by atoms with Gasteiger partial charge in [-0.1, -0.05) is 6.92 Å². The van der Waals surface area contributed by atoms with Crippen molar-refractivity contribution in [3.63, 3.8) is 0 Å². The molecule has 0 N–H and O–H groups in total. The molecule has 66 valence electrons. The van der Waals surface area contributed by atoms with E-state index >= 15 is 0 Å². The molecule has 0 aromatic heterocycles. The highest BCUT2D eigenvalue weighted by atomic mass is 32.1. The average Bonchev–Trinajstić information content (AvgIpc) is 2.06. The van der Waals surface area contributed by atoms with Crippen molar-refractivity contribution >= 4 is 31.2 Å². The number of carbonyl (C=O) groups is 1. The summed E-state index contributed by atoms with van der Waals surface area (Å²) in [6.45, 7) is 2.22. The van der Waals surface area contributed by atoms with E-state index in [2.05, 4.69) is 25.3 Å². The summed E-state index contributed by atoms with van der Waals surface area (Å²) in [4.78, 5) is 10.7. The van der Waals surface area contributed by atoms with Crippen LogP contribution in [-0.2, 0) is 9.53 Å². The molecule has 0 aromatic rings. The number of hydrogen-bond donors (Lipinski definition) is 2. The van der Waals surface area contributed by atoms with Crippen LogP contribution < -0.4 is 0 Å². The second kappa shape index (κ2) is 6.85. The van der Waals surface area contributed by atoms with Gasteiger partial charge in [0.1, 0.15) is 0 Å². The fourth-order valence-electron chi connectivity index (χ4n) is 0.476. The SMILES string of the molecule is CCC(=O)OCC(CS)CS. The monoisotopic (exact) mass is 194 g/mol. The highest BCUT2D eigenvalue weighted by molar-refractivity contribution is 7.81. The van der Waals surface area contributed by atoms with Gasteiger partial charge in [-0.3, -0.25) is 4.79 Å². The summed E-state index contributed by atoms with van der Waals surface area (Å²) < 4.78 is 4.90. The normalized spacial score (nSPS) is 10.2. The molecule has 0 fully saturated rings. The van der Waals surface area contributed by atoms with E-state index in [-0.39, 0.29) is 11.9 Å². The Kier molecular flexibility index (Phi) is 6.96. The van der Waals surface area contributed by atoms with Crippen molar-refractivity contribution in [1.82, 2.24) is 0 Å². The van der Waals surface area contributed by atoms with Crippen LogP contribution in [0.15, 0.2) is 0 Å². The maximum absolute atomic E-state index is 10.7. The highest BCUT2D eigenvalue weighted by Gasteiger charge is 2.06. The first kappa shape index (κ1) is 11.2. The van der Waals surface area contributed by atoms with E-state index in [1.54, 1.807) is 6.92 Å². The van der Waals surface area contributed by atoms with Crippen LogP contribution in [0.1, 0.15) is 13.3 Å². The minimum atomic E-state index is -0.154. The van der Waals surface area contributed by atoms with Crippen LogP contribution in [0.5, 0.6) is 0 Å². The molecule has 0 aliphatic heterocycles. The Hall–Kier alpha value is 0.170. The number of ether oxygens (including phenoxy) is 1. The molecular formula is C7H14O2S2. The Balaban J connectivity index is 3.42. The molecule has 0 aliphatic rings. The third kappa shape index (κ3) is 5.44. The van der Waals surface area contributed by atoms with Crippen molar-refractivity contribution < 1.29 is 9.53 Å². The minimum absolute atomic E-state index is 0.154. The average molecular weight is 194 g/mol. The Labute approximate surface area is 78.5 Å². The van der Waals surface area contributed by atoms with E-state index in [4.69, 9.17) is 4.74 Å². The Morgan fingerprint density at radius 3 is 2.36 bits per heavy atom. The van der Waals surface area contributed by atoms with Crippen LogP contribution >= 0.6 is 25.3 Å². The first-order valence-electron chi connectivity index (χ1n) is 3.61. The van der Waals surface area contributed by atoms with Gasteiger partial charge in [-0.15, -0.1) is 0 Å². The van der Waals surface area contributed by atoms with E-state index in [9.17, 15) is 4.79 Å². The first-order valence-corrected chi connectivity index (χ1v) is 4.88. The summed E-state index contributed by atoms with van der Waals surface area (Å²) in [6, 6.07) is 0. The molecule has 0 rings (SSSR count). The largest absolute Gasteiger partial charge is 0.465 e. The molecule has 0 amide bonds. The predicted octanol–water partition coefficient (Wildman–Crippen LogP) is 1.42. The van der Waals surface area contributed by atoms with E-state index < -0.39 is 0 Å². The standard InChI is InChI=1S/C7H14O2S2/c1-2-7(8)9-3-6(4-10)5-11/h6,10-11H,2-5H2,1H3. The summed E-state index contributed by atoms with van der Waals surface area (Å²) >= 11 is 8.17. The summed E-state index contributed by atoms with van der Waals surface area (Å²) in [5, 5.41) is 0. The number of hydrogen-bond acceptors (Lipinski definition) is 4. The zero-order valence-corrected chi connectivity index (χ0v) is 8.41.